The maximum absolute atomic E-state index is 13.9. The van der Waals surface area contributed by atoms with Crippen LogP contribution in [0.15, 0.2) is 71.9 Å². The normalized spacial score (nSPS) is 18.6. The number of nitrogens with zero attached hydrogens (tertiary/aromatic N) is 3. The Balaban J connectivity index is 1.66. The Morgan fingerprint density at radius 2 is 1.74 bits per heavy atom. The molecule has 0 spiro atoms. The van der Waals surface area contributed by atoms with Crippen LogP contribution in [0.25, 0.3) is 0 Å². The Bertz CT molecular complexity index is 1100. The van der Waals surface area contributed by atoms with E-state index >= 15 is 0 Å². The van der Waals surface area contributed by atoms with Crippen molar-refractivity contribution in [1.82, 2.24) is 25.3 Å². The Labute approximate surface area is 206 Å². The van der Waals surface area contributed by atoms with Crippen LogP contribution < -0.4 is 10.6 Å². The number of rotatable bonds is 9. The van der Waals surface area contributed by atoms with E-state index in [2.05, 4.69) is 10.6 Å². The number of nitrogens with one attached hydrogen (secondary N) is 2. The third-order valence-electron chi connectivity index (χ3n) is 6.51. The van der Waals surface area contributed by atoms with Crippen molar-refractivity contribution in [2.75, 3.05) is 40.3 Å². The number of carbonyl (C=O) groups is 3. The molecule has 2 aliphatic heterocycles. The first-order valence-electron chi connectivity index (χ1n) is 12.0. The minimum Gasteiger partial charge on any atom is -0.353 e. The third kappa shape index (κ3) is 5.22. The standard InChI is InChI=1S/C27H33N5O3/c1-4-31-22-18-32(26(34)23(22)24(29-27(31)35)20-13-9-6-10-14-20)21(17-19-11-7-5-8-12-19)25(33)28-15-16-30(2)3/h5-14,21,24H,4,15-18H2,1-3H3,(H,28,33)(H,29,35)/t21-,24+/m0/s1. The van der Waals surface area contributed by atoms with Crippen molar-refractivity contribution in [3.8, 4) is 0 Å². The van der Waals surface area contributed by atoms with Crippen LogP contribution in [-0.2, 0) is 16.0 Å². The van der Waals surface area contributed by atoms with E-state index in [4.69, 9.17) is 0 Å². The molecule has 0 aromatic heterocycles. The fraction of sp³-hybridized carbons (Fsp3) is 0.370. The SMILES string of the molecule is CCN1C(=O)N[C@H](c2ccccc2)C2=C1CN([C@@H](Cc1ccccc1)C(=O)NCCN(C)C)C2=O. The van der Waals surface area contributed by atoms with E-state index < -0.39 is 12.1 Å². The fourth-order valence-corrected chi connectivity index (χ4v) is 4.70. The van der Waals surface area contributed by atoms with E-state index in [1.54, 1.807) is 9.80 Å². The van der Waals surface area contributed by atoms with Crippen molar-refractivity contribution in [2.24, 2.45) is 0 Å². The Hall–Kier alpha value is -3.65. The van der Waals surface area contributed by atoms with Crippen molar-refractivity contribution in [2.45, 2.75) is 25.4 Å². The lowest BCUT2D eigenvalue weighted by Gasteiger charge is -2.32. The second-order valence-corrected chi connectivity index (χ2v) is 9.13. The minimum absolute atomic E-state index is 0.192. The van der Waals surface area contributed by atoms with Gasteiger partial charge in [-0.3, -0.25) is 14.5 Å². The third-order valence-corrected chi connectivity index (χ3v) is 6.51. The molecule has 0 fully saturated rings. The molecule has 35 heavy (non-hydrogen) atoms. The van der Waals surface area contributed by atoms with Crippen molar-refractivity contribution < 1.29 is 14.4 Å². The second-order valence-electron chi connectivity index (χ2n) is 9.13. The molecule has 0 aliphatic carbocycles. The smallest absolute Gasteiger partial charge is 0.322 e. The van der Waals surface area contributed by atoms with Crippen molar-refractivity contribution in [1.29, 1.82) is 0 Å². The second kappa shape index (κ2) is 10.7. The van der Waals surface area contributed by atoms with Gasteiger partial charge in [-0.15, -0.1) is 0 Å². The van der Waals surface area contributed by atoms with Gasteiger partial charge in [0.2, 0.25) is 5.91 Å². The molecular weight excluding hydrogens is 442 g/mol. The molecule has 8 heteroatoms. The quantitative estimate of drug-likeness (QED) is 0.582. The van der Waals surface area contributed by atoms with Gasteiger partial charge in [0.15, 0.2) is 0 Å². The van der Waals surface area contributed by atoms with Gasteiger partial charge in [-0.2, -0.15) is 0 Å². The predicted molar refractivity (Wildman–Crippen MR) is 134 cm³/mol. The molecule has 2 atom stereocenters. The van der Waals surface area contributed by atoms with Crippen LogP contribution in [0.4, 0.5) is 4.79 Å². The molecule has 184 valence electrons. The number of hydrogen-bond acceptors (Lipinski definition) is 4. The molecule has 4 rings (SSSR count). The molecule has 0 radical (unpaired) electrons. The van der Waals surface area contributed by atoms with Crippen LogP contribution in [0.3, 0.4) is 0 Å². The fourth-order valence-electron chi connectivity index (χ4n) is 4.70. The van der Waals surface area contributed by atoms with Gasteiger partial charge in [-0.05, 0) is 32.1 Å². The van der Waals surface area contributed by atoms with E-state index in [9.17, 15) is 14.4 Å². The summed E-state index contributed by atoms with van der Waals surface area (Å²) in [5.41, 5.74) is 3.03. The molecule has 0 saturated heterocycles. The van der Waals surface area contributed by atoms with E-state index in [1.807, 2.05) is 86.6 Å². The van der Waals surface area contributed by atoms with Gasteiger partial charge in [-0.25, -0.2) is 4.79 Å². The average Bonchev–Trinajstić information content (AvgIpc) is 3.19. The topological polar surface area (TPSA) is 85.0 Å². The maximum atomic E-state index is 13.9. The molecule has 2 aromatic rings. The number of urea groups is 1. The first-order valence-corrected chi connectivity index (χ1v) is 12.0. The molecule has 8 nitrogen and oxygen atoms in total. The summed E-state index contributed by atoms with van der Waals surface area (Å²) in [5.74, 6) is -0.404. The summed E-state index contributed by atoms with van der Waals surface area (Å²) in [6.07, 6.45) is 0.393. The van der Waals surface area contributed by atoms with Gasteiger partial charge < -0.3 is 20.4 Å². The van der Waals surface area contributed by atoms with Crippen LogP contribution in [0.1, 0.15) is 24.1 Å². The maximum Gasteiger partial charge on any atom is 0.322 e. The summed E-state index contributed by atoms with van der Waals surface area (Å²) >= 11 is 0. The summed E-state index contributed by atoms with van der Waals surface area (Å²) in [4.78, 5) is 45.5. The highest BCUT2D eigenvalue weighted by atomic mass is 16.2. The van der Waals surface area contributed by atoms with Gasteiger partial charge in [0.05, 0.1) is 23.9 Å². The van der Waals surface area contributed by atoms with Crippen LogP contribution in [0.2, 0.25) is 0 Å². The van der Waals surface area contributed by atoms with E-state index in [-0.39, 0.29) is 24.4 Å². The van der Waals surface area contributed by atoms with Gasteiger partial charge in [0, 0.05) is 26.1 Å². The minimum atomic E-state index is -0.692. The molecule has 2 heterocycles. The summed E-state index contributed by atoms with van der Waals surface area (Å²) in [6, 6.07) is 17.7. The average molecular weight is 476 g/mol. The zero-order chi connectivity index (χ0) is 24.9. The van der Waals surface area contributed by atoms with E-state index in [1.165, 1.54) is 0 Å². The Morgan fingerprint density at radius 1 is 1.09 bits per heavy atom. The largest absolute Gasteiger partial charge is 0.353 e. The highest BCUT2D eigenvalue weighted by Crippen LogP contribution is 2.37. The van der Waals surface area contributed by atoms with Crippen molar-refractivity contribution >= 4 is 17.8 Å². The summed E-state index contributed by atoms with van der Waals surface area (Å²) in [6.45, 7) is 3.73. The molecule has 4 amide bonds. The zero-order valence-electron chi connectivity index (χ0n) is 20.5. The van der Waals surface area contributed by atoms with Crippen LogP contribution in [0.5, 0.6) is 0 Å². The first kappa shape index (κ1) is 24.5. The van der Waals surface area contributed by atoms with Gasteiger partial charge in [0.1, 0.15) is 6.04 Å². The van der Waals surface area contributed by atoms with Crippen molar-refractivity contribution in [3.05, 3.63) is 83.1 Å². The van der Waals surface area contributed by atoms with Gasteiger partial charge in [-0.1, -0.05) is 60.7 Å². The molecule has 0 unspecified atom stereocenters. The molecule has 0 saturated carbocycles. The number of amides is 4. The lowest BCUT2D eigenvalue weighted by Crippen LogP contribution is -2.50. The molecule has 2 N–H and O–H groups in total. The van der Waals surface area contributed by atoms with Gasteiger partial charge >= 0.3 is 6.03 Å². The number of carbonyl (C=O) groups excluding carboxylic acids is 3. The number of likely N-dealkylation sites (N-methyl/N-ethyl adjacent to an activating group) is 2. The van der Waals surface area contributed by atoms with E-state index in [0.717, 1.165) is 11.1 Å². The zero-order valence-corrected chi connectivity index (χ0v) is 20.5. The molecule has 2 aliphatic rings. The summed E-state index contributed by atoms with van der Waals surface area (Å²) in [5, 5.41) is 6.00. The summed E-state index contributed by atoms with van der Waals surface area (Å²) in [7, 11) is 3.89. The van der Waals surface area contributed by atoms with Crippen LogP contribution >= 0.6 is 0 Å². The monoisotopic (exact) mass is 475 g/mol. The predicted octanol–water partition coefficient (Wildman–Crippen LogP) is 2.16. The van der Waals surface area contributed by atoms with E-state index in [0.29, 0.717) is 37.3 Å². The lowest BCUT2D eigenvalue weighted by molar-refractivity contribution is -0.136. The molecule has 2 aromatic carbocycles. The number of hydrogen-bond donors (Lipinski definition) is 2. The first-order chi connectivity index (χ1) is 16.9. The van der Waals surface area contributed by atoms with Gasteiger partial charge in [0.25, 0.3) is 5.91 Å². The molecule has 0 bridgehead atoms. The highest BCUT2D eigenvalue weighted by molar-refractivity contribution is 6.03. The Kier molecular flexibility index (Phi) is 7.51. The van der Waals surface area contributed by atoms with Crippen LogP contribution in [-0.4, -0.2) is 78.9 Å². The van der Waals surface area contributed by atoms with Crippen molar-refractivity contribution in [3.63, 3.8) is 0 Å². The summed E-state index contributed by atoms with van der Waals surface area (Å²) < 4.78 is 0. The number of benzene rings is 2. The highest BCUT2D eigenvalue weighted by Gasteiger charge is 2.46. The Morgan fingerprint density at radius 3 is 2.37 bits per heavy atom. The van der Waals surface area contributed by atoms with Crippen LogP contribution in [0, 0.1) is 0 Å². The lowest BCUT2D eigenvalue weighted by atomic mass is 9.95. The molecular formula is C27H33N5O3.